The van der Waals surface area contributed by atoms with E-state index in [9.17, 15) is 9.90 Å². The number of carbonyl (C=O) groups is 1. The second kappa shape index (κ2) is 6.87. The van der Waals surface area contributed by atoms with Gasteiger partial charge >= 0.3 is 0 Å². The number of amides is 1. The number of likely N-dealkylation sites (tertiary alicyclic amines) is 2. The quantitative estimate of drug-likeness (QED) is 0.913. The molecule has 0 bridgehead atoms. The van der Waals surface area contributed by atoms with Gasteiger partial charge in [-0.2, -0.15) is 0 Å². The third kappa shape index (κ3) is 3.92. The summed E-state index contributed by atoms with van der Waals surface area (Å²) in [7, 11) is 0. The summed E-state index contributed by atoms with van der Waals surface area (Å²) < 4.78 is 0. The van der Waals surface area contributed by atoms with Gasteiger partial charge in [0.2, 0.25) is 5.91 Å². The summed E-state index contributed by atoms with van der Waals surface area (Å²) in [6, 6.07) is 0. The maximum absolute atomic E-state index is 12.1. The van der Waals surface area contributed by atoms with Crippen molar-refractivity contribution in [2.75, 3.05) is 26.2 Å². The summed E-state index contributed by atoms with van der Waals surface area (Å²) >= 11 is 1.74. The van der Waals surface area contributed by atoms with Crippen LogP contribution in [0.3, 0.4) is 0 Å². The van der Waals surface area contributed by atoms with Crippen LogP contribution in [0, 0.1) is 12.3 Å². The Morgan fingerprint density at radius 2 is 2.13 bits per heavy atom. The Balaban J connectivity index is 1.57. The molecule has 1 spiro atoms. The lowest BCUT2D eigenvalue weighted by molar-refractivity contribution is -0.140. The van der Waals surface area contributed by atoms with Gasteiger partial charge in [0.25, 0.3) is 0 Å². The van der Waals surface area contributed by atoms with Gasteiger partial charge in [-0.25, -0.2) is 4.98 Å². The number of nitrogens with zero attached hydrogens (tertiary/aromatic N) is 3. The lowest BCUT2D eigenvalue weighted by atomic mass is 9.72. The molecule has 0 radical (unpaired) electrons. The lowest BCUT2D eigenvalue weighted by Gasteiger charge is -2.47. The molecular formula is C17H27N3O2S. The number of aromatic nitrogens is 1. The minimum Gasteiger partial charge on any atom is -0.392 e. The van der Waals surface area contributed by atoms with Crippen LogP contribution in [-0.4, -0.2) is 58.1 Å². The van der Waals surface area contributed by atoms with Crippen molar-refractivity contribution in [1.29, 1.82) is 0 Å². The van der Waals surface area contributed by atoms with E-state index in [1.54, 1.807) is 18.3 Å². The fourth-order valence-corrected chi connectivity index (χ4v) is 4.68. The molecule has 1 aromatic heterocycles. The van der Waals surface area contributed by atoms with E-state index in [-0.39, 0.29) is 11.3 Å². The Hall–Kier alpha value is -0.980. The number of hydrogen-bond donors (Lipinski definition) is 1. The van der Waals surface area contributed by atoms with Crippen molar-refractivity contribution in [2.24, 2.45) is 5.41 Å². The van der Waals surface area contributed by atoms with Gasteiger partial charge in [-0.15, -0.1) is 11.3 Å². The van der Waals surface area contributed by atoms with Gasteiger partial charge in [0.15, 0.2) is 0 Å². The average molecular weight is 337 g/mol. The SMILES string of the molecule is Cc1ncsc1CN1CCC2(CCC(=O)N(C[C@H](C)O)C2)CC1. The molecule has 3 rings (SSSR count). The van der Waals surface area contributed by atoms with Crippen molar-refractivity contribution in [2.45, 2.75) is 52.2 Å². The Kier molecular flexibility index (Phi) is 5.04. The zero-order valence-corrected chi connectivity index (χ0v) is 14.9. The molecular weight excluding hydrogens is 310 g/mol. The molecule has 1 aromatic rings. The Bertz CT molecular complexity index is 550. The molecule has 1 amide bonds. The van der Waals surface area contributed by atoms with Crippen LogP contribution in [-0.2, 0) is 11.3 Å². The number of β-amino-alcohol motifs (C(OH)–C–C–N with tert-alkyl or cyclic N) is 1. The number of rotatable bonds is 4. The molecule has 1 atom stereocenters. The summed E-state index contributed by atoms with van der Waals surface area (Å²) in [6.07, 6.45) is 3.50. The van der Waals surface area contributed by atoms with E-state index in [2.05, 4.69) is 16.8 Å². The second-order valence-corrected chi connectivity index (χ2v) is 8.20. The standard InChI is InChI=1S/C17H27N3O2S/c1-13(21)9-20-11-17(4-3-16(20)22)5-7-19(8-6-17)10-15-14(2)18-12-23-15/h12-13,21H,3-11H2,1-2H3/t13-/m0/s1. The van der Waals surface area contributed by atoms with E-state index >= 15 is 0 Å². The van der Waals surface area contributed by atoms with E-state index in [1.165, 1.54) is 4.88 Å². The minimum atomic E-state index is -0.441. The summed E-state index contributed by atoms with van der Waals surface area (Å²) in [5, 5.41) is 9.61. The van der Waals surface area contributed by atoms with E-state index in [1.807, 2.05) is 10.4 Å². The predicted molar refractivity (Wildman–Crippen MR) is 91.3 cm³/mol. The number of aliphatic hydroxyl groups excluding tert-OH is 1. The maximum atomic E-state index is 12.1. The van der Waals surface area contributed by atoms with Gasteiger partial charge in [-0.1, -0.05) is 0 Å². The van der Waals surface area contributed by atoms with Crippen LogP contribution in [0.25, 0.3) is 0 Å². The van der Waals surface area contributed by atoms with Crippen LogP contribution in [0.15, 0.2) is 5.51 Å². The van der Waals surface area contributed by atoms with Crippen LogP contribution < -0.4 is 0 Å². The zero-order valence-electron chi connectivity index (χ0n) is 14.1. The fraction of sp³-hybridized carbons (Fsp3) is 0.765. The van der Waals surface area contributed by atoms with Crippen LogP contribution in [0.5, 0.6) is 0 Å². The summed E-state index contributed by atoms with van der Waals surface area (Å²) in [6.45, 7) is 8.33. The summed E-state index contributed by atoms with van der Waals surface area (Å²) in [5.74, 6) is 0.208. The van der Waals surface area contributed by atoms with Gasteiger partial charge in [0.05, 0.1) is 17.3 Å². The highest BCUT2D eigenvalue weighted by Crippen LogP contribution is 2.40. The number of hydrogen-bond acceptors (Lipinski definition) is 5. The van der Waals surface area contributed by atoms with Gasteiger partial charge in [0, 0.05) is 30.9 Å². The molecule has 2 aliphatic heterocycles. The number of aliphatic hydroxyl groups is 1. The molecule has 3 heterocycles. The topological polar surface area (TPSA) is 56.7 Å². The lowest BCUT2D eigenvalue weighted by Crippen LogP contribution is -2.52. The second-order valence-electron chi connectivity index (χ2n) is 7.26. The first kappa shape index (κ1) is 16.9. The van der Waals surface area contributed by atoms with Crippen molar-refractivity contribution < 1.29 is 9.90 Å². The van der Waals surface area contributed by atoms with Crippen molar-refractivity contribution in [1.82, 2.24) is 14.8 Å². The first-order valence-corrected chi connectivity index (χ1v) is 9.43. The summed E-state index contributed by atoms with van der Waals surface area (Å²) in [5.41, 5.74) is 3.35. The molecule has 0 saturated carbocycles. The van der Waals surface area contributed by atoms with Crippen LogP contribution in [0.2, 0.25) is 0 Å². The molecule has 0 aliphatic carbocycles. The third-order valence-electron chi connectivity index (χ3n) is 5.36. The maximum Gasteiger partial charge on any atom is 0.222 e. The van der Waals surface area contributed by atoms with Crippen molar-refractivity contribution in [3.63, 3.8) is 0 Å². The third-order valence-corrected chi connectivity index (χ3v) is 6.28. The first-order valence-electron chi connectivity index (χ1n) is 8.55. The van der Waals surface area contributed by atoms with E-state index in [0.717, 1.165) is 51.1 Å². The molecule has 128 valence electrons. The number of carbonyl (C=O) groups excluding carboxylic acids is 1. The first-order chi connectivity index (χ1) is 11.0. The molecule has 1 N–H and O–H groups in total. The monoisotopic (exact) mass is 337 g/mol. The predicted octanol–water partition coefficient (Wildman–Crippen LogP) is 2.04. The van der Waals surface area contributed by atoms with Crippen LogP contribution in [0.1, 0.15) is 43.2 Å². The zero-order chi connectivity index (χ0) is 16.4. The molecule has 0 aromatic carbocycles. The molecule has 2 aliphatic rings. The largest absolute Gasteiger partial charge is 0.392 e. The highest BCUT2D eigenvalue weighted by Gasteiger charge is 2.41. The van der Waals surface area contributed by atoms with E-state index in [0.29, 0.717) is 13.0 Å². The number of thiazole rings is 1. The molecule has 23 heavy (non-hydrogen) atoms. The van der Waals surface area contributed by atoms with Crippen molar-refractivity contribution in [3.05, 3.63) is 16.1 Å². The molecule has 5 nitrogen and oxygen atoms in total. The average Bonchev–Trinajstić information content (AvgIpc) is 2.91. The van der Waals surface area contributed by atoms with E-state index < -0.39 is 6.10 Å². The fourth-order valence-electron chi connectivity index (χ4n) is 3.86. The Labute approximate surface area is 142 Å². The summed E-state index contributed by atoms with van der Waals surface area (Å²) in [4.78, 5) is 22.2. The van der Waals surface area contributed by atoms with Crippen LogP contribution >= 0.6 is 11.3 Å². The van der Waals surface area contributed by atoms with Gasteiger partial charge in [-0.05, 0) is 51.6 Å². The van der Waals surface area contributed by atoms with Gasteiger partial charge in [0.1, 0.15) is 0 Å². The Morgan fingerprint density at radius 3 is 2.74 bits per heavy atom. The smallest absolute Gasteiger partial charge is 0.222 e. The van der Waals surface area contributed by atoms with Crippen molar-refractivity contribution in [3.8, 4) is 0 Å². The highest BCUT2D eigenvalue weighted by molar-refractivity contribution is 7.09. The number of piperidine rings is 2. The van der Waals surface area contributed by atoms with Crippen molar-refractivity contribution >= 4 is 17.2 Å². The van der Waals surface area contributed by atoms with Gasteiger partial charge in [-0.3, -0.25) is 9.69 Å². The molecule has 2 saturated heterocycles. The number of aryl methyl sites for hydroxylation is 1. The molecule has 6 heteroatoms. The highest BCUT2D eigenvalue weighted by atomic mass is 32.1. The van der Waals surface area contributed by atoms with Crippen LogP contribution in [0.4, 0.5) is 0 Å². The molecule has 2 fully saturated rings. The normalized spacial score (nSPS) is 23.4. The Morgan fingerprint density at radius 1 is 1.39 bits per heavy atom. The molecule has 0 unspecified atom stereocenters. The van der Waals surface area contributed by atoms with E-state index in [4.69, 9.17) is 0 Å². The van der Waals surface area contributed by atoms with Gasteiger partial charge < -0.3 is 10.0 Å². The minimum absolute atomic E-state index is 0.208.